The summed E-state index contributed by atoms with van der Waals surface area (Å²) in [6, 6.07) is -0.231. The Balaban J connectivity index is 4.16. The number of carbonyl (C=O) groups is 3. The second-order valence-electron chi connectivity index (χ2n) is 7.13. The number of rotatable bonds is 14. The number of carboxylic acid groups (broad SMARTS) is 1. The van der Waals surface area contributed by atoms with Crippen LogP contribution in [0.5, 0.6) is 0 Å². The van der Waals surface area contributed by atoms with Crippen molar-refractivity contribution < 1.29 is 24.2 Å². The molecule has 7 nitrogen and oxygen atoms in total. The summed E-state index contributed by atoms with van der Waals surface area (Å²) < 4.78 is 5.10. The Hall–Kier alpha value is -1.89. The van der Waals surface area contributed by atoms with Crippen LogP contribution in [0.15, 0.2) is 12.2 Å². The molecule has 0 rings (SSSR count). The van der Waals surface area contributed by atoms with Crippen molar-refractivity contribution in [2.45, 2.75) is 72.4 Å². The summed E-state index contributed by atoms with van der Waals surface area (Å²) in [5, 5.41) is 14.9. The maximum absolute atomic E-state index is 12.2. The highest BCUT2D eigenvalue weighted by atomic mass is 16.5. The maximum Gasteiger partial charge on any atom is 0.309 e. The van der Waals surface area contributed by atoms with Crippen LogP contribution in [0.2, 0.25) is 0 Å². The van der Waals surface area contributed by atoms with E-state index in [9.17, 15) is 14.4 Å². The van der Waals surface area contributed by atoms with E-state index in [4.69, 9.17) is 9.84 Å². The highest BCUT2D eigenvalue weighted by molar-refractivity contribution is 5.81. The first-order valence-corrected chi connectivity index (χ1v) is 9.78. The van der Waals surface area contributed by atoms with Gasteiger partial charge in [-0.05, 0) is 31.2 Å². The second-order valence-corrected chi connectivity index (χ2v) is 7.13. The molecule has 0 aromatic rings. The molecule has 0 aliphatic carbocycles. The van der Waals surface area contributed by atoms with Crippen molar-refractivity contribution >= 4 is 17.8 Å². The zero-order valence-corrected chi connectivity index (χ0v) is 17.3. The number of ether oxygens (including phenoxy) is 1. The largest absolute Gasteiger partial charge is 0.481 e. The number of hydrogen-bond donors (Lipinski definition) is 3. The van der Waals surface area contributed by atoms with Crippen LogP contribution < -0.4 is 10.6 Å². The van der Waals surface area contributed by atoms with E-state index in [-0.39, 0.29) is 24.8 Å². The minimum absolute atomic E-state index is 0.0490. The topological polar surface area (TPSA) is 105 Å². The van der Waals surface area contributed by atoms with Crippen molar-refractivity contribution in [3.05, 3.63) is 12.2 Å². The Labute approximate surface area is 162 Å². The van der Waals surface area contributed by atoms with Crippen LogP contribution in [-0.4, -0.2) is 48.2 Å². The molecule has 0 aromatic carbocycles. The Kier molecular flexibility index (Phi) is 13.2. The molecule has 3 N–H and O–H groups in total. The lowest BCUT2D eigenvalue weighted by Crippen LogP contribution is -2.45. The molecule has 0 fully saturated rings. The minimum atomic E-state index is -0.991. The van der Waals surface area contributed by atoms with Crippen LogP contribution in [0.1, 0.15) is 60.3 Å². The van der Waals surface area contributed by atoms with Gasteiger partial charge in [-0.15, -0.1) is 0 Å². The van der Waals surface area contributed by atoms with Crippen molar-refractivity contribution in [2.75, 3.05) is 13.1 Å². The van der Waals surface area contributed by atoms with E-state index >= 15 is 0 Å². The van der Waals surface area contributed by atoms with Gasteiger partial charge in [-0.2, -0.15) is 0 Å². The van der Waals surface area contributed by atoms with Gasteiger partial charge < -0.3 is 20.5 Å². The standard InChI is InChI=1S/C20H36N2O5/c1-6-16(12-18(23)24)27-19(25)10-8-9-11-21-20(26)17(7-2)22-13-15(5)14(3)4/h8-9,14-17,22H,6-7,10-13H2,1-5H3,(H,21,26)(H,23,24)/b9-8+/t15-,16?,17+/m1/s1. The molecule has 0 heterocycles. The predicted octanol–water partition coefficient (Wildman–Crippen LogP) is 2.51. The number of aliphatic carboxylic acids is 1. The van der Waals surface area contributed by atoms with E-state index < -0.39 is 18.0 Å². The molecule has 1 unspecified atom stereocenters. The van der Waals surface area contributed by atoms with Gasteiger partial charge >= 0.3 is 11.9 Å². The average molecular weight is 385 g/mol. The first-order chi connectivity index (χ1) is 12.7. The first kappa shape index (κ1) is 25.1. The van der Waals surface area contributed by atoms with Crippen LogP contribution in [0.3, 0.4) is 0 Å². The van der Waals surface area contributed by atoms with Gasteiger partial charge in [0.05, 0.1) is 18.9 Å². The molecule has 0 aliphatic heterocycles. The van der Waals surface area contributed by atoms with Crippen LogP contribution in [-0.2, 0) is 19.1 Å². The second kappa shape index (κ2) is 14.2. The van der Waals surface area contributed by atoms with Gasteiger partial charge in [0, 0.05) is 6.54 Å². The lowest BCUT2D eigenvalue weighted by molar-refractivity contribution is -0.152. The molecule has 156 valence electrons. The van der Waals surface area contributed by atoms with Crippen LogP contribution >= 0.6 is 0 Å². The molecule has 0 radical (unpaired) electrons. The summed E-state index contributed by atoms with van der Waals surface area (Å²) >= 11 is 0. The average Bonchev–Trinajstić information content (AvgIpc) is 2.60. The smallest absolute Gasteiger partial charge is 0.309 e. The SMILES string of the molecule is CCC(CC(=O)O)OC(=O)C/C=C/CNC(=O)[C@H](CC)NC[C@@H](C)C(C)C. The van der Waals surface area contributed by atoms with E-state index in [1.165, 1.54) is 0 Å². The Bertz CT molecular complexity index is 491. The van der Waals surface area contributed by atoms with Gasteiger partial charge in [-0.25, -0.2) is 0 Å². The summed E-state index contributed by atoms with van der Waals surface area (Å²) in [5.41, 5.74) is 0. The molecule has 3 atom stereocenters. The van der Waals surface area contributed by atoms with E-state index in [1.807, 2.05) is 6.92 Å². The van der Waals surface area contributed by atoms with Crippen molar-refractivity contribution in [3.63, 3.8) is 0 Å². The molecule has 0 aliphatic rings. The third-order valence-corrected chi connectivity index (χ3v) is 4.55. The zero-order valence-electron chi connectivity index (χ0n) is 17.3. The summed E-state index contributed by atoms with van der Waals surface area (Å²) in [4.78, 5) is 34.5. The Morgan fingerprint density at radius 3 is 2.26 bits per heavy atom. The number of carboxylic acids is 1. The molecule has 27 heavy (non-hydrogen) atoms. The maximum atomic E-state index is 12.2. The number of esters is 1. The number of hydrogen-bond acceptors (Lipinski definition) is 5. The Morgan fingerprint density at radius 1 is 1.07 bits per heavy atom. The van der Waals surface area contributed by atoms with E-state index in [1.54, 1.807) is 19.1 Å². The normalized spacial score (nSPS) is 14.7. The van der Waals surface area contributed by atoms with E-state index in [0.717, 1.165) is 6.54 Å². The third-order valence-electron chi connectivity index (χ3n) is 4.55. The van der Waals surface area contributed by atoms with Crippen molar-refractivity contribution in [1.82, 2.24) is 10.6 Å². The van der Waals surface area contributed by atoms with Gasteiger partial charge in [0.1, 0.15) is 6.10 Å². The van der Waals surface area contributed by atoms with Gasteiger partial charge in [0.15, 0.2) is 0 Å². The summed E-state index contributed by atoms with van der Waals surface area (Å²) in [5.74, 6) is -0.473. The molecule has 7 heteroatoms. The van der Waals surface area contributed by atoms with Crippen molar-refractivity contribution in [1.29, 1.82) is 0 Å². The van der Waals surface area contributed by atoms with Crippen molar-refractivity contribution in [3.8, 4) is 0 Å². The fraction of sp³-hybridized carbons (Fsp3) is 0.750. The summed E-state index contributed by atoms with van der Waals surface area (Å²) in [6.07, 6.45) is 3.73. The van der Waals surface area contributed by atoms with Gasteiger partial charge in [0.2, 0.25) is 5.91 Å². The highest BCUT2D eigenvalue weighted by Crippen LogP contribution is 2.08. The van der Waals surface area contributed by atoms with Crippen molar-refractivity contribution in [2.24, 2.45) is 11.8 Å². The van der Waals surface area contributed by atoms with Crippen LogP contribution in [0, 0.1) is 11.8 Å². The molecule has 0 aromatic heterocycles. The lowest BCUT2D eigenvalue weighted by Gasteiger charge is -2.21. The molecule has 0 spiro atoms. The van der Waals surface area contributed by atoms with Gasteiger partial charge in [-0.1, -0.05) is 46.8 Å². The van der Waals surface area contributed by atoms with E-state index in [2.05, 4.69) is 31.4 Å². The van der Waals surface area contributed by atoms with Crippen LogP contribution in [0.25, 0.3) is 0 Å². The fourth-order valence-electron chi connectivity index (χ4n) is 2.23. The number of amides is 1. The highest BCUT2D eigenvalue weighted by Gasteiger charge is 2.17. The monoisotopic (exact) mass is 384 g/mol. The van der Waals surface area contributed by atoms with Gasteiger partial charge in [0.25, 0.3) is 0 Å². The number of carbonyl (C=O) groups excluding carboxylic acids is 2. The zero-order chi connectivity index (χ0) is 20.8. The molecule has 0 saturated heterocycles. The molecule has 0 saturated carbocycles. The summed E-state index contributed by atoms with van der Waals surface area (Å²) in [6.45, 7) is 11.3. The summed E-state index contributed by atoms with van der Waals surface area (Å²) in [7, 11) is 0. The quantitative estimate of drug-likeness (QED) is 0.314. The Morgan fingerprint density at radius 2 is 1.74 bits per heavy atom. The van der Waals surface area contributed by atoms with Gasteiger partial charge in [-0.3, -0.25) is 14.4 Å². The third kappa shape index (κ3) is 12.2. The predicted molar refractivity (Wildman–Crippen MR) is 105 cm³/mol. The van der Waals surface area contributed by atoms with E-state index in [0.29, 0.717) is 31.2 Å². The molecular formula is C20H36N2O5. The number of nitrogens with one attached hydrogen (secondary N) is 2. The van der Waals surface area contributed by atoms with Crippen LogP contribution in [0.4, 0.5) is 0 Å². The molecule has 0 bridgehead atoms. The minimum Gasteiger partial charge on any atom is -0.481 e. The lowest BCUT2D eigenvalue weighted by atomic mass is 9.98. The molecular weight excluding hydrogens is 348 g/mol. The fourth-order valence-corrected chi connectivity index (χ4v) is 2.23. The first-order valence-electron chi connectivity index (χ1n) is 9.78. The molecule has 1 amide bonds.